The molecule has 0 saturated carbocycles. The Hall–Kier alpha value is -0.450. The Labute approximate surface area is 108 Å². The van der Waals surface area contributed by atoms with E-state index in [1.54, 1.807) is 11.3 Å². The predicted molar refractivity (Wildman–Crippen MR) is 73.4 cm³/mol. The van der Waals surface area contributed by atoms with Gasteiger partial charge in [0, 0.05) is 24.5 Å². The number of hydrogen-bond acceptors (Lipinski definition) is 4. The van der Waals surface area contributed by atoms with E-state index in [0.717, 1.165) is 13.1 Å². The van der Waals surface area contributed by atoms with Crippen molar-refractivity contribution < 1.29 is 0 Å². The first-order valence-corrected chi connectivity index (χ1v) is 7.44. The van der Waals surface area contributed by atoms with E-state index in [1.807, 2.05) is 5.51 Å². The van der Waals surface area contributed by atoms with E-state index in [0.29, 0.717) is 5.41 Å². The van der Waals surface area contributed by atoms with Crippen LogP contribution >= 0.6 is 11.3 Å². The Morgan fingerprint density at radius 1 is 1.59 bits per heavy atom. The van der Waals surface area contributed by atoms with Crippen LogP contribution in [0.5, 0.6) is 0 Å². The molecular weight excluding hydrogens is 230 g/mol. The quantitative estimate of drug-likeness (QED) is 0.817. The van der Waals surface area contributed by atoms with E-state index < -0.39 is 0 Å². The highest BCUT2D eigenvalue weighted by molar-refractivity contribution is 7.09. The molecule has 2 heterocycles. The average molecular weight is 253 g/mol. The van der Waals surface area contributed by atoms with Crippen LogP contribution in [0, 0.1) is 12.3 Å². The number of aromatic nitrogens is 1. The lowest BCUT2D eigenvalue weighted by molar-refractivity contribution is 0.276. The van der Waals surface area contributed by atoms with Crippen molar-refractivity contribution >= 4 is 11.3 Å². The monoisotopic (exact) mass is 253 g/mol. The molecule has 0 radical (unpaired) electrons. The normalized spacial score (nSPS) is 24.4. The number of hydrogen-bond donors (Lipinski definition) is 2. The van der Waals surface area contributed by atoms with Gasteiger partial charge < -0.3 is 10.6 Å². The Morgan fingerprint density at radius 2 is 2.47 bits per heavy atom. The van der Waals surface area contributed by atoms with Crippen molar-refractivity contribution in [3.05, 3.63) is 16.1 Å². The van der Waals surface area contributed by atoms with Gasteiger partial charge in [-0.25, -0.2) is 4.98 Å². The van der Waals surface area contributed by atoms with Crippen molar-refractivity contribution in [1.82, 2.24) is 15.6 Å². The molecule has 1 aliphatic rings. The third kappa shape index (κ3) is 3.27. The first-order chi connectivity index (χ1) is 8.26. The molecule has 0 spiro atoms. The van der Waals surface area contributed by atoms with Gasteiger partial charge in [-0.3, -0.25) is 0 Å². The molecule has 1 fully saturated rings. The van der Waals surface area contributed by atoms with E-state index in [1.165, 1.54) is 42.9 Å². The minimum Gasteiger partial charge on any atom is -0.316 e. The van der Waals surface area contributed by atoms with Crippen molar-refractivity contribution in [3.63, 3.8) is 0 Å². The summed E-state index contributed by atoms with van der Waals surface area (Å²) in [6.45, 7) is 8.84. The number of aryl methyl sites for hydroxylation is 1. The van der Waals surface area contributed by atoms with E-state index in [4.69, 9.17) is 0 Å². The first-order valence-electron chi connectivity index (χ1n) is 6.56. The summed E-state index contributed by atoms with van der Waals surface area (Å²) in [5, 5.41) is 7.13. The van der Waals surface area contributed by atoms with Crippen LogP contribution in [0.25, 0.3) is 0 Å². The fraction of sp³-hybridized carbons (Fsp3) is 0.769. The van der Waals surface area contributed by atoms with Crippen molar-refractivity contribution in [1.29, 1.82) is 0 Å². The van der Waals surface area contributed by atoms with Crippen molar-refractivity contribution in [3.8, 4) is 0 Å². The fourth-order valence-corrected chi connectivity index (χ4v) is 3.46. The molecule has 2 rings (SSSR count). The highest BCUT2D eigenvalue weighted by Gasteiger charge is 2.32. The second-order valence-electron chi connectivity index (χ2n) is 5.14. The summed E-state index contributed by atoms with van der Waals surface area (Å²) in [7, 11) is 0. The van der Waals surface area contributed by atoms with Crippen LogP contribution in [0.2, 0.25) is 0 Å². The summed E-state index contributed by atoms with van der Waals surface area (Å²) < 4.78 is 0. The fourth-order valence-electron chi connectivity index (χ4n) is 2.72. The summed E-state index contributed by atoms with van der Waals surface area (Å²) >= 11 is 1.76. The molecule has 1 aromatic rings. The Balaban J connectivity index is 1.82. The lowest BCUT2D eigenvalue weighted by Gasteiger charge is -2.28. The summed E-state index contributed by atoms with van der Waals surface area (Å²) in [6.07, 6.45) is 3.92. The number of thiazole rings is 1. The molecular formula is C13H23N3S. The van der Waals surface area contributed by atoms with Crippen LogP contribution in [0.1, 0.15) is 36.8 Å². The van der Waals surface area contributed by atoms with Gasteiger partial charge in [-0.1, -0.05) is 13.3 Å². The molecule has 1 unspecified atom stereocenters. The Bertz CT molecular complexity index is 342. The molecule has 17 heavy (non-hydrogen) atoms. The zero-order valence-corrected chi connectivity index (χ0v) is 11.7. The highest BCUT2D eigenvalue weighted by Crippen LogP contribution is 2.30. The molecule has 2 N–H and O–H groups in total. The maximum atomic E-state index is 4.29. The lowest BCUT2D eigenvalue weighted by Crippen LogP contribution is -2.35. The molecule has 0 aromatic carbocycles. The molecule has 1 atom stereocenters. The van der Waals surface area contributed by atoms with E-state index in [2.05, 4.69) is 29.5 Å². The second-order valence-corrected chi connectivity index (χ2v) is 6.08. The minimum atomic E-state index is 0.493. The number of nitrogens with zero attached hydrogens (tertiary/aromatic N) is 1. The van der Waals surface area contributed by atoms with Gasteiger partial charge in [0.1, 0.15) is 0 Å². The molecule has 4 heteroatoms. The van der Waals surface area contributed by atoms with Crippen LogP contribution in [-0.2, 0) is 6.54 Å². The summed E-state index contributed by atoms with van der Waals surface area (Å²) in [6, 6.07) is 0. The maximum Gasteiger partial charge on any atom is 0.0798 e. The van der Waals surface area contributed by atoms with E-state index >= 15 is 0 Å². The van der Waals surface area contributed by atoms with E-state index in [-0.39, 0.29) is 0 Å². The zero-order chi connectivity index (χ0) is 12.1. The van der Waals surface area contributed by atoms with Gasteiger partial charge in [-0.15, -0.1) is 11.3 Å². The maximum absolute atomic E-state index is 4.29. The van der Waals surface area contributed by atoms with Gasteiger partial charge in [0.05, 0.1) is 11.2 Å². The van der Waals surface area contributed by atoms with Gasteiger partial charge in [0.2, 0.25) is 0 Å². The van der Waals surface area contributed by atoms with Crippen LogP contribution in [0.15, 0.2) is 5.51 Å². The third-order valence-electron chi connectivity index (χ3n) is 3.74. The highest BCUT2D eigenvalue weighted by atomic mass is 32.1. The van der Waals surface area contributed by atoms with Gasteiger partial charge in [-0.05, 0) is 31.7 Å². The zero-order valence-electron chi connectivity index (χ0n) is 10.9. The molecule has 96 valence electrons. The first kappa shape index (κ1) is 13.0. The summed E-state index contributed by atoms with van der Waals surface area (Å²) in [5.41, 5.74) is 3.61. The van der Waals surface area contributed by atoms with Crippen molar-refractivity contribution in [2.24, 2.45) is 5.41 Å². The van der Waals surface area contributed by atoms with Gasteiger partial charge >= 0.3 is 0 Å². The molecule has 1 aliphatic heterocycles. The molecule has 1 aromatic heterocycles. The molecule has 0 bridgehead atoms. The lowest BCUT2D eigenvalue weighted by atomic mass is 9.82. The van der Waals surface area contributed by atoms with E-state index in [9.17, 15) is 0 Å². The van der Waals surface area contributed by atoms with Crippen molar-refractivity contribution in [2.75, 3.05) is 19.6 Å². The molecule has 1 saturated heterocycles. The molecule has 3 nitrogen and oxygen atoms in total. The van der Waals surface area contributed by atoms with Gasteiger partial charge in [-0.2, -0.15) is 0 Å². The summed E-state index contributed by atoms with van der Waals surface area (Å²) in [4.78, 5) is 5.66. The van der Waals surface area contributed by atoms with Crippen LogP contribution < -0.4 is 10.6 Å². The Morgan fingerprint density at radius 3 is 3.06 bits per heavy atom. The topological polar surface area (TPSA) is 37.0 Å². The number of nitrogens with one attached hydrogen (secondary N) is 2. The minimum absolute atomic E-state index is 0.493. The average Bonchev–Trinajstić information content (AvgIpc) is 2.91. The van der Waals surface area contributed by atoms with Crippen LogP contribution in [0.4, 0.5) is 0 Å². The van der Waals surface area contributed by atoms with Crippen LogP contribution in [0.3, 0.4) is 0 Å². The molecule has 0 aliphatic carbocycles. The second kappa shape index (κ2) is 5.94. The smallest absolute Gasteiger partial charge is 0.0798 e. The predicted octanol–water partition coefficient (Wildman–Crippen LogP) is 2.32. The standard InChI is InChI=1S/C13H23N3S/c1-3-4-13(5-6-14-8-13)9-15-7-12-11(2)16-10-17-12/h10,14-15H,3-9H2,1-2H3. The van der Waals surface area contributed by atoms with Gasteiger partial charge in [0.25, 0.3) is 0 Å². The SMILES string of the molecule is CCCC1(CNCc2scnc2C)CCNC1. The summed E-state index contributed by atoms with van der Waals surface area (Å²) in [5.74, 6) is 0. The molecule has 0 amide bonds. The van der Waals surface area contributed by atoms with Crippen molar-refractivity contribution in [2.45, 2.75) is 39.7 Å². The van der Waals surface area contributed by atoms with Crippen LogP contribution in [-0.4, -0.2) is 24.6 Å². The third-order valence-corrected chi connectivity index (χ3v) is 4.68. The van der Waals surface area contributed by atoms with Gasteiger partial charge in [0.15, 0.2) is 0 Å². The number of rotatable bonds is 6. The Kier molecular flexibility index (Phi) is 4.54. The largest absolute Gasteiger partial charge is 0.316 e.